The molecule has 1 aromatic carbocycles. The Balaban J connectivity index is 1.49. The van der Waals surface area contributed by atoms with E-state index >= 15 is 0 Å². The van der Waals surface area contributed by atoms with Gasteiger partial charge in [0.1, 0.15) is 34.4 Å². The number of hydrogen-bond donors (Lipinski definition) is 2. The minimum atomic E-state index is -4.58. The first kappa shape index (κ1) is 29.8. The first-order chi connectivity index (χ1) is 20.3. The number of nitrogen functional groups attached to an aromatic ring is 1. The number of nitrogens with two attached hydrogens (primary N) is 1. The summed E-state index contributed by atoms with van der Waals surface area (Å²) >= 11 is 0. The van der Waals surface area contributed by atoms with Gasteiger partial charge in [0, 0.05) is 54.1 Å². The van der Waals surface area contributed by atoms with E-state index in [2.05, 4.69) is 15.3 Å². The number of nitrogens with one attached hydrogen (secondary N) is 1. The number of benzene rings is 1. The van der Waals surface area contributed by atoms with Crippen LogP contribution < -0.4 is 15.8 Å². The van der Waals surface area contributed by atoms with E-state index in [1.807, 2.05) is 30.1 Å². The predicted molar refractivity (Wildman–Crippen MR) is 155 cm³/mol. The van der Waals surface area contributed by atoms with E-state index in [4.69, 9.17) is 15.5 Å². The Labute approximate surface area is 246 Å². The van der Waals surface area contributed by atoms with Gasteiger partial charge in [-0.3, -0.25) is 14.0 Å². The van der Waals surface area contributed by atoms with Crippen molar-refractivity contribution in [3.63, 3.8) is 0 Å². The van der Waals surface area contributed by atoms with Crippen molar-refractivity contribution in [2.75, 3.05) is 31.2 Å². The average molecular weight is 596 g/mol. The molecule has 1 unspecified atom stereocenters. The summed E-state index contributed by atoms with van der Waals surface area (Å²) in [5.41, 5.74) is 6.63. The number of pyridine rings is 1. The molecule has 1 atom stereocenters. The third-order valence-electron chi connectivity index (χ3n) is 7.37. The van der Waals surface area contributed by atoms with Crippen LogP contribution >= 0.6 is 0 Å². The van der Waals surface area contributed by atoms with Crippen molar-refractivity contribution in [3.05, 3.63) is 65.9 Å². The number of aromatic nitrogens is 4. The third kappa shape index (κ3) is 5.97. The van der Waals surface area contributed by atoms with Crippen molar-refractivity contribution in [1.29, 1.82) is 0 Å². The SMILES string of the molecule is COc1cc(C(=O)Nc2cc(C(F)(F)F)ccn2)ccc1-c1nc(C2CCCN(C(=O)C(C)(C)C)C2)n2ccnc(N)c12. The molecule has 3 aromatic heterocycles. The summed E-state index contributed by atoms with van der Waals surface area (Å²) in [5, 5.41) is 2.40. The van der Waals surface area contributed by atoms with Crippen molar-refractivity contribution < 1.29 is 27.5 Å². The number of piperidine rings is 1. The van der Waals surface area contributed by atoms with E-state index in [1.54, 1.807) is 18.5 Å². The van der Waals surface area contributed by atoms with Gasteiger partial charge in [0.25, 0.3) is 5.91 Å². The summed E-state index contributed by atoms with van der Waals surface area (Å²) in [6.45, 7) is 6.90. The molecule has 1 aliphatic rings. The van der Waals surface area contributed by atoms with Crippen LogP contribution in [-0.2, 0) is 11.0 Å². The zero-order valence-electron chi connectivity index (χ0n) is 24.2. The van der Waals surface area contributed by atoms with E-state index in [1.165, 1.54) is 19.2 Å². The summed E-state index contributed by atoms with van der Waals surface area (Å²) in [6.07, 6.45) is 1.42. The van der Waals surface area contributed by atoms with Gasteiger partial charge in [-0.05, 0) is 43.2 Å². The number of methoxy groups -OCH3 is 1. The van der Waals surface area contributed by atoms with Crippen LogP contribution in [0, 0.1) is 5.41 Å². The van der Waals surface area contributed by atoms with Crippen molar-refractivity contribution in [3.8, 4) is 17.0 Å². The lowest BCUT2D eigenvalue weighted by Gasteiger charge is -2.36. The minimum Gasteiger partial charge on any atom is -0.496 e. The number of nitrogens with zero attached hydrogens (tertiary/aromatic N) is 5. The number of carbonyl (C=O) groups excluding carboxylic acids is 2. The van der Waals surface area contributed by atoms with E-state index < -0.39 is 23.1 Å². The number of amides is 2. The van der Waals surface area contributed by atoms with Gasteiger partial charge in [-0.2, -0.15) is 13.2 Å². The molecule has 0 aliphatic carbocycles. The quantitative estimate of drug-likeness (QED) is 0.316. The molecule has 0 radical (unpaired) electrons. The van der Waals surface area contributed by atoms with Gasteiger partial charge in [0.05, 0.1) is 12.7 Å². The van der Waals surface area contributed by atoms with Crippen LogP contribution in [0.15, 0.2) is 48.9 Å². The molecule has 4 aromatic rings. The lowest BCUT2D eigenvalue weighted by atomic mass is 9.91. The highest BCUT2D eigenvalue weighted by atomic mass is 19.4. The number of hydrogen-bond acceptors (Lipinski definition) is 7. The van der Waals surface area contributed by atoms with Crippen LogP contribution in [0.4, 0.5) is 24.8 Å². The van der Waals surface area contributed by atoms with E-state index in [0.29, 0.717) is 35.6 Å². The topological polar surface area (TPSA) is 128 Å². The molecular formula is C30H32F3N7O3. The van der Waals surface area contributed by atoms with Crippen LogP contribution in [0.5, 0.6) is 5.75 Å². The number of likely N-dealkylation sites (tertiary alicyclic amines) is 1. The highest BCUT2D eigenvalue weighted by Crippen LogP contribution is 2.38. The largest absolute Gasteiger partial charge is 0.496 e. The molecule has 1 aliphatic heterocycles. The van der Waals surface area contributed by atoms with Crippen molar-refractivity contribution in [2.24, 2.45) is 5.41 Å². The highest BCUT2D eigenvalue weighted by Gasteiger charge is 2.34. The first-order valence-corrected chi connectivity index (χ1v) is 13.7. The van der Waals surface area contributed by atoms with Gasteiger partial charge in [-0.25, -0.2) is 15.0 Å². The number of halogens is 3. The maximum Gasteiger partial charge on any atom is 0.416 e. The summed E-state index contributed by atoms with van der Waals surface area (Å²) in [4.78, 5) is 41.0. The Hall–Kier alpha value is -4.68. The molecule has 0 saturated carbocycles. The number of imidazole rings is 1. The van der Waals surface area contributed by atoms with Crippen molar-refractivity contribution in [2.45, 2.75) is 45.7 Å². The number of alkyl halides is 3. The Morgan fingerprint density at radius 1 is 1.09 bits per heavy atom. The molecule has 5 rings (SSSR count). The summed E-state index contributed by atoms with van der Waals surface area (Å²) in [5.74, 6) is 0.387. The maximum atomic E-state index is 13.1. The second-order valence-corrected chi connectivity index (χ2v) is 11.5. The zero-order chi connectivity index (χ0) is 31.1. The number of carbonyl (C=O) groups is 2. The fourth-order valence-electron chi connectivity index (χ4n) is 5.30. The molecular weight excluding hydrogens is 563 g/mol. The normalized spacial score (nSPS) is 15.9. The molecule has 1 saturated heterocycles. The fourth-order valence-corrected chi connectivity index (χ4v) is 5.30. The fraction of sp³-hybridized carbons (Fsp3) is 0.367. The smallest absolute Gasteiger partial charge is 0.416 e. The zero-order valence-corrected chi connectivity index (χ0v) is 24.2. The summed E-state index contributed by atoms with van der Waals surface area (Å²) in [6, 6.07) is 6.22. The lowest BCUT2D eigenvalue weighted by Crippen LogP contribution is -2.44. The number of anilines is 2. The molecule has 226 valence electrons. The number of ether oxygens (including phenoxy) is 1. The van der Waals surface area contributed by atoms with Crippen LogP contribution in [0.25, 0.3) is 16.8 Å². The Kier molecular flexibility index (Phi) is 7.76. The van der Waals surface area contributed by atoms with Gasteiger partial charge >= 0.3 is 6.18 Å². The second kappa shape index (κ2) is 11.2. The second-order valence-electron chi connectivity index (χ2n) is 11.5. The maximum absolute atomic E-state index is 13.1. The molecule has 4 heterocycles. The standard InChI is InChI=1S/C30H32F3N7O3/c1-29(2,3)28(42)39-12-5-6-18(16-39)26-38-23(24-25(34)36-11-13-40(24)26)20-8-7-17(14-21(20)43-4)27(41)37-22-15-19(9-10-35-22)30(31,32)33/h7-11,13-15,18H,5-6,12,16H2,1-4H3,(H2,34,36)(H,35,37,41). The molecule has 1 fully saturated rings. The van der Waals surface area contributed by atoms with Gasteiger partial charge in [0.15, 0.2) is 0 Å². The molecule has 2 amide bonds. The molecule has 0 spiro atoms. The van der Waals surface area contributed by atoms with E-state index in [9.17, 15) is 22.8 Å². The summed E-state index contributed by atoms with van der Waals surface area (Å²) < 4.78 is 46.8. The van der Waals surface area contributed by atoms with Gasteiger partial charge in [-0.15, -0.1) is 0 Å². The van der Waals surface area contributed by atoms with Crippen molar-refractivity contribution >= 4 is 29.0 Å². The minimum absolute atomic E-state index is 0.0564. The first-order valence-electron chi connectivity index (χ1n) is 13.7. The molecule has 3 N–H and O–H groups in total. The van der Waals surface area contributed by atoms with Gasteiger partial charge in [-0.1, -0.05) is 20.8 Å². The van der Waals surface area contributed by atoms with Crippen LogP contribution in [-0.4, -0.2) is 56.3 Å². The molecule has 13 heteroatoms. The Bertz CT molecular complexity index is 1690. The summed E-state index contributed by atoms with van der Waals surface area (Å²) in [7, 11) is 1.44. The monoisotopic (exact) mass is 595 g/mol. The van der Waals surface area contributed by atoms with E-state index in [-0.39, 0.29) is 29.0 Å². The number of rotatable bonds is 5. The molecule has 0 bridgehead atoms. The third-order valence-corrected chi connectivity index (χ3v) is 7.37. The van der Waals surface area contributed by atoms with Crippen molar-refractivity contribution in [1.82, 2.24) is 24.3 Å². The Morgan fingerprint density at radius 2 is 1.86 bits per heavy atom. The Morgan fingerprint density at radius 3 is 2.56 bits per heavy atom. The van der Waals surface area contributed by atoms with E-state index in [0.717, 1.165) is 37.0 Å². The van der Waals surface area contributed by atoms with Crippen LogP contribution in [0.2, 0.25) is 0 Å². The van der Waals surface area contributed by atoms with Gasteiger partial charge < -0.3 is 20.7 Å². The van der Waals surface area contributed by atoms with Gasteiger partial charge in [0.2, 0.25) is 5.91 Å². The van der Waals surface area contributed by atoms with Crippen LogP contribution in [0.3, 0.4) is 0 Å². The molecule has 10 nitrogen and oxygen atoms in total. The molecule has 43 heavy (non-hydrogen) atoms. The number of fused-ring (bicyclic) bond motifs is 1. The van der Waals surface area contributed by atoms with Crippen LogP contribution in [0.1, 0.15) is 61.3 Å². The lowest BCUT2D eigenvalue weighted by molar-refractivity contribution is -0.140. The average Bonchev–Trinajstić information content (AvgIpc) is 3.36. The predicted octanol–water partition coefficient (Wildman–Crippen LogP) is 5.41. The highest BCUT2D eigenvalue weighted by molar-refractivity contribution is 6.04.